The third-order valence-electron chi connectivity index (χ3n) is 6.58. The van der Waals surface area contributed by atoms with E-state index in [4.69, 9.17) is 0 Å². The van der Waals surface area contributed by atoms with Crippen LogP contribution in [0.5, 0.6) is 0 Å². The smallest absolute Gasteiger partial charge is 0.261 e. The lowest BCUT2D eigenvalue weighted by Gasteiger charge is -2.38. The lowest BCUT2D eigenvalue weighted by Crippen LogP contribution is -2.53. The molecule has 0 aromatic carbocycles. The minimum absolute atomic E-state index is 0.156. The summed E-state index contributed by atoms with van der Waals surface area (Å²) in [7, 11) is 2.19. The van der Waals surface area contributed by atoms with Gasteiger partial charge in [0, 0.05) is 49.9 Å². The van der Waals surface area contributed by atoms with Crippen LogP contribution in [0, 0.1) is 0 Å². The summed E-state index contributed by atoms with van der Waals surface area (Å²) in [4.78, 5) is 32.6. The van der Waals surface area contributed by atoms with Crippen LogP contribution in [0.15, 0.2) is 29.7 Å². The first-order valence-electron chi connectivity index (χ1n) is 11.3. The summed E-state index contributed by atoms with van der Waals surface area (Å²) in [6, 6.07) is 2.97. The van der Waals surface area contributed by atoms with Gasteiger partial charge in [-0.2, -0.15) is 0 Å². The summed E-state index contributed by atoms with van der Waals surface area (Å²) in [5.74, 6) is 1.89. The summed E-state index contributed by atoms with van der Waals surface area (Å²) in [5.41, 5.74) is 0.823. The number of thioether (sulfide) groups is 1. The van der Waals surface area contributed by atoms with E-state index in [1.165, 1.54) is 12.8 Å². The van der Waals surface area contributed by atoms with Crippen LogP contribution in [0.1, 0.15) is 25.7 Å². The van der Waals surface area contributed by atoms with Gasteiger partial charge in [0.15, 0.2) is 0 Å². The number of amides is 1. The van der Waals surface area contributed by atoms with E-state index in [0.717, 1.165) is 73.1 Å². The standard InChI is InChI=1S/C22H31N7OS/c1-27-9-5-16(6-10-27)26-17-3-2-8-29(13-17)22(30)19-14-28(11-12-31-19)21-18-4-7-23-20(18)24-15-25-21/h4,7,14-17,26H,2-3,5-6,8-13H2,1H3,(H,23,24,25)/t17-/m1/s1. The molecule has 5 heterocycles. The number of aromatic nitrogens is 3. The molecule has 1 atom stereocenters. The van der Waals surface area contributed by atoms with Crippen molar-refractivity contribution >= 4 is 34.5 Å². The van der Waals surface area contributed by atoms with Gasteiger partial charge in [-0.1, -0.05) is 0 Å². The van der Waals surface area contributed by atoms with Gasteiger partial charge in [-0.05, 0) is 51.9 Å². The molecule has 8 nitrogen and oxygen atoms in total. The number of likely N-dealkylation sites (tertiary alicyclic amines) is 2. The second-order valence-corrected chi connectivity index (χ2v) is 9.94. The highest BCUT2D eigenvalue weighted by molar-refractivity contribution is 8.04. The van der Waals surface area contributed by atoms with Crippen LogP contribution < -0.4 is 10.2 Å². The molecule has 3 aliphatic heterocycles. The highest BCUT2D eigenvalue weighted by Crippen LogP contribution is 2.30. The minimum Gasteiger partial charge on any atom is -0.346 e. The van der Waals surface area contributed by atoms with Crippen LogP contribution in [0.3, 0.4) is 0 Å². The molecule has 0 aliphatic carbocycles. The van der Waals surface area contributed by atoms with E-state index in [-0.39, 0.29) is 5.91 Å². The molecular weight excluding hydrogens is 410 g/mol. The number of hydrogen-bond acceptors (Lipinski definition) is 7. The van der Waals surface area contributed by atoms with Crippen molar-refractivity contribution in [3.8, 4) is 0 Å². The predicted octanol–water partition coefficient (Wildman–Crippen LogP) is 2.03. The van der Waals surface area contributed by atoms with Gasteiger partial charge >= 0.3 is 0 Å². The largest absolute Gasteiger partial charge is 0.346 e. The Labute approximate surface area is 187 Å². The Balaban J connectivity index is 1.26. The molecule has 0 spiro atoms. The van der Waals surface area contributed by atoms with Crippen molar-refractivity contribution < 1.29 is 4.79 Å². The van der Waals surface area contributed by atoms with E-state index in [2.05, 4.69) is 37.1 Å². The topological polar surface area (TPSA) is 80.4 Å². The molecule has 2 aromatic heterocycles. The van der Waals surface area contributed by atoms with E-state index in [9.17, 15) is 4.79 Å². The number of nitrogens with zero attached hydrogens (tertiary/aromatic N) is 5. The van der Waals surface area contributed by atoms with Crippen molar-refractivity contribution in [3.63, 3.8) is 0 Å². The summed E-state index contributed by atoms with van der Waals surface area (Å²) in [5, 5.41) is 4.82. The average Bonchev–Trinajstić information content (AvgIpc) is 3.29. The maximum absolute atomic E-state index is 13.4. The first-order valence-corrected chi connectivity index (χ1v) is 12.3. The van der Waals surface area contributed by atoms with Crippen LogP contribution in [-0.2, 0) is 4.79 Å². The highest BCUT2D eigenvalue weighted by Gasteiger charge is 2.30. The van der Waals surface area contributed by atoms with Gasteiger partial charge in [0.2, 0.25) is 0 Å². The number of anilines is 1. The zero-order chi connectivity index (χ0) is 21.2. The van der Waals surface area contributed by atoms with Gasteiger partial charge < -0.3 is 25.0 Å². The maximum atomic E-state index is 13.4. The second kappa shape index (κ2) is 9.18. The van der Waals surface area contributed by atoms with E-state index < -0.39 is 0 Å². The second-order valence-electron chi connectivity index (χ2n) is 8.81. The molecule has 2 N–H and O–H groups in total. The van der Waals surface area contributed by atoms with Crippen molar-refractivity contribution in [1.82, 2.24) is 30.1 Å². The first-order chi connectivity index (χ1) is 15.2. The average molecular weight is 442 g/mol. The van der Waals surface area contributed by atoms with Crippen LogP contribution in [0.4, 0.5) is 5.82 Å². The molecule has 0 saturated carbocycles. The Kier molecular flexibility index (Phi) is 6.15. The van der Waals surface area contributed by atoms with Gasteiger partial charge in [0.05, 0.1) is 10.3 Å². The Hall–Kier alpha value is -2.10. The van der Waals surface area contributed by atoms with Gasteiger partial charge in [0.25, 0.3) is 5.91 Å². The third-order valence-corrected chi connectivity index (χ3v) is 7.55. The van der Waals surface area contributed by atoms with Crippen LogP contribution >= 0.6 is 11.8 Å². The third kappa shape index (κ3) is 4.58. The molecule has 31 heavy (non-hydrogen) atoms. The number of H-pyrrole nitrogens is 1. The zero-order valence-electron chi connectivity index (χ0n) is 18.1. The van der Waals surface area contributed by atoms with Crippen molar-refractivity contribution in [3.05, 3.63) is 29.7 Å². The molecule has 2 aromatic rings. The minimum atomic E-state index is 0.156. The first kappa shape index (κ1) is 20.8. The van der Waals surface area contributed by atoms with Crippen molar-refractivity contribution in [2.75, 3.05) is 50.4 Å². The number of piperidine rings is 2. The molecule has 1 amide bonds. The Morgan fingerprint density at radius 1 is 1.16 bits per heavy atom. The number of fused-ring (bicyclic) bond motifs is 1. The van der Waals surface area contributed by atoms with Crippen LogP contribution in [-0.4, -0.2) is 88.3 Å². The Morgan fingerprint density at radius 2 is 2.03 bits per heavy atom. The molecule has 0 bridgehead atoms. The molecule has 0 unspecified atom stereocenters. The monoisotopic (exact) mass is 441 g/mol. The summed E-state index contributed by atoms with van der Waals surface area (Å²) >= 11 is 1.66. The zero-order valence-corrected chi connectivity index (χ0v) is 18.9. The number of rotatable bonds is 4. The molecule has 166 valence electrons. The van der Waals surface area contributed by atoms with Crippen LogP contribution in [0.25, 0.3) is 11.0 Å². The van der Waals surface area contributed by atoms with Gasteiger partial charge in [-0.3, -0.25) is 4.79 Å². The van der Waals surface area contributed by atoms with E-state index in [0.29, 0.717) is 12.1 Å². The van der Waals surface area contributed by atoms with Crippen LogP contribution in [0.2, 0.25) is 0 Å². The van der Waals surface area contributed by atoms with Crippen molar-refractivity contribution in [2.24, 2.45) is 0 Å². The number of nitrogens with one attached hydrogen (secondary N) is 2. The van der Waals surface area contributed by atoms with E-state index >= 15 is 0 Å². The van der Waals surface area contributed by atoms with Gasteiger partial charge in [-0.15, -0.1) is 11.8 Å². The fraction of sp³-hybridized carbons (Fsp3) is 0.591. The van der Waals surface area contributed by atoms with E-state index in [1.807, 2.05) is 23.4 Å². The maximum Gasteiger partial charge on any atom is 0.261 e. The van der Waals surface area contributed by atoms with Crippen molar-refractivity contribution in [1.29, 1.82) is 0 Å². The lowest BCUT2D eigenvalue weighted by molar-refractivity contribution is -0.127. The SMILES string of the molecule is CN1CCC(N[C@@H]2CCCN(C(=O)C3=CN(c4ncnc5[nH]ccc45)CCS3)C2)CC1. The normalized spacial score (nSPS) is 23.9. The van der Waals surface area contributed by atoms with E-state index in [1.54, 1.807) is 18.1 Å². The predicted molar refractivity (Wildman–Crippen MR) is 125 cm³/mol. The quantitative estimate of drug-likeness (QED) is 0.751. The fourth-order valence-electron chi connectivity index (χ4n) is 4.83. The summed E-state index contributed by atoms with van der Waals surface area (Å²) in [6.07, 6.45) is 10.1. The number of hydrogen-bond donors (Lipinski definition) is 2. The lowest BCUT2D eigenvalue weighted by atomic mass is 10.0. The molecular formula is C22H31N7OS. The highest BCUT2D eigenvalue weighted by atomic mass is 32.2. The van der Waals surface area contributed by atoms with Crippen molar-refractivity contribution in [2.45, 2.75) is 37.8 Å². The number of carbonyl (C=O) groups is 1. The number of aromatic amines is 1. The summed E-state index contributed by atoms with van der Waals surface area (Å²) < 4.78 is 0. The van der Waals surface area contributed by atoms with Gasteiger partial charge in [-0.25, -0.2) is 9.97 Å². The Bertz CT molecular complexity index is 952. The molecule has 2 saturated heterocycles. The number of carbonyl (C=O) groups excluding carboxylic acids is 1. The Morgan fingerprint density at radius 3 is 2.90 bits per heavy atom. The fourth-order valence-corrected chi connectivity index (χ4v) is 5.79. The molecule has 5 rings (SSSR count). The molecule has 2 fully saturated rings. The van der Waals surface area contributed by atoms with Gasteiger partial charge in [0.1, 0.15) is 17.8 Å². The molecule has 9 heteroatoms. The molecule has 0 radical (unpaired) electrons. The summed E-state index contributed by atoms with van der Waals surface area (Å²) in [6.45, 7) is 4.79. The molecule has 3 aliphatic rings.